The number of hydrogen-bond donors (Lipinski definition) is 1. The topological polar surface area (TPSA) is 51.2 Å². The van der Waals surface area contributed by atoms with Crippen molar-refractivity contribution in [3.63, 3.8) is 0 Å². The number of aromatic nitrogens is 1. The largest absolute Gasteiger partial charge is 0.465 e. The Kier molecular flexibility index (Phi) is 4.12. The van der Waals surface area contributed by atoms with Gasteiger partial charge in [0, 0.05) is 0 Å². The van der Waals surface area contributed by atoms with Gasteiger partial charge in [-0.2, -0.15) is 13.2 Å². The summed E-state index contributed by atoms with van der Waals surface area (Å²) in [7, 11) is 0. The number of alkyl halides is 3. The molecule has 8 heteroatoms. The second-order valence-electron chi connectivity index (χ2n) is 3.86. The summed E-state index contributed by atoms with van der Waals surface area (Å²) < 4.78 is 43.0. The fourth-order valence-electron chi connectivity index (χ4n) is 1.54. The maximum Gasteiger partial charge on any atom is 0.416 e. The van der Waals surface area contributed by atoms with E-state index in [1.807, 2.05) is 0 Å². The van der Waals surface area contributed by atoms with E-state index in [2.05, 4.69) is 10.3 Å². The van der Waals surface area contributed by atoms with Gasteiger partial charge in [-0.25, -0.2) is 4.98 Å². The van der Waals surface area contributed by atoms with Crippen LogP contribution in [-0.2, 0) is 15.7 Å². The first-order valence-corrected chi connectivity index (χ1v) is 6.59. The first-order valence-electron chi connectivity index (χ1n) is 5.77. The van der Waals surface area contributed by atoms with Crippen LogP contribution in [-0.4, -0.2) is 24.1 Å². The Bertz CT molecular complexity index is 625. The van der Waals surface area contributed by atoms with Gasteiger partial charge in [-0.15, -0.1) is 0 Å². The van der Waals surface area contributed by atoms with Gasteiger partial charge in [0.2, 0.25) is 0 Å². The molecule has 0 spiro atoms. The summed E-state index contributed by atoms with van der Waals surface area (Å²) in [6.07, 6.45) is -4.39. The molecule has 1 N–H and O–H groups in total. The first-order chi connectivity index (χ1) is 9.40. The highest BCUT2D eigenvalue weighted by Gasteiger charge is 2.30. The van der Waals surface area contributed by atoms with Crippen LogP contribution in [0.25, 0.3) is 10.2 Å². The molecule has 108 valence electrons. The molecule has 0 aliphatic carbocycles. The summed E-state index contributed by atoms with van der Waals surface area (Å²) in [5.41, 5.74) is -0.497. The lowest BCUT2D eigenvalue weighted by atomic mass is 10.2. The second kappa shape index (κ2) is 5.66. The Morgan fingerprint density at radius 2 is 2.20 bits per heavy atom. The van der Waals surface area contributed by atoms with Gasteiger partial charge in [0.05, 0.1) is 22.4 Å². The molecular formula is C12H11F3N2O2S. The number of carbonyl (C=O) groups excluding carboxylic acids is 1. The molecule has 0 radical (unpaired) electrons. The number of rotatable bonds is 4. The maximum atomic E-state index is 12.6. The number of thiazole rings is 1. The van der Waals surface area contributed by atoms with Crippen molar-refractivity contribution in [1.82, 2.24) is 4.98 Å². The van der Waals surface area contributed by atoms with Crippen LogP contribution in [0, 0.1) is 0 Å². The molecule has 20 heavy (non-hydrogen) atoms. The minimum atomic E-state index is -4.39. The summed E-state index contributed by atoms with van der Waals surface area (Å²) in [5.74, 6) is -0.442. The lowest BCUT2D eigenvalue weighted by Crippen LogP contribution is -2.16. The number of esters is 1. The van der Waals surface area contributed by atoms with Crippen LogP contribution in [0.4, 0.5) is 18.3 Å². The molecule has 2 rings (SSSR count). The molecule has 0 aliphatic rings. The van der Waals surface area contributed by atoms with E-state index in [0.717, 1.165) is 12.1 Å². The predicted molar refractivity (Wildman–Crippen MR) is 69.7 cm³/mol. The summed E-state index contributed by atoms with van der Waals surface area (Å²) >= 11 is 1.18. The predicted octanol–water partition coefficient (Wildman–Crippen LogP) is 3.29. The van der Waals surface area contributed by atoms with Gasteiger partial charge in [0.15, 0.2) is 5.13 Å². The van der Waals surface area contributed by atoms with Crippen molar-refractivity contribution in [1.29, 1.82) is 0 Å². The Balaban J connectivity index is 2.15. The van der Waals surface area contributed by atoms with Crippen LogP contribution in [0.1, 0.15) is 12.5 Å². The number of anilines is 1. The van der Waals surface area contributed by atoms with Crippen molar-refractivity contribution in [3.05, 3.63) is 23.8 Å². The molecule has 1 aromatic heterocycles. The molecule has 0 atom stereocenters. The quantitative estimate of drug-likeness (QED) is 0.881. The fourth-order valence-corrected chi connectivity index (χ4v) is 2.38. The Morgan fingerprint density at radius 3 is 2.85 bits per heavy atom. The maximum absolute atomic E-state index is 12.6. The van der Waals surface area contributed by atoms with Crippen molar-refractivity contribution < 1.29 is 22.7 Å². The molecular weight excluding hydrogens is 293 g/mol. The number of nitrogens with zero attached hydrogens (tertiary/aromatic N) is 1. The summed E-state index contributed by atoms with van der Waals surface area (Å²) in [4.78, 5) is 15.2. The Hall–Kier alpha value is -1.83. The third kappa shape index (κ3) is 3.38. The minimum absolute atomic E-state index is 0.0697. The number of ether oxygens (including phenoxy) is 1. The molecule has 0 aliphatic heterocycles. The highest BCUT2D eigenvalue weighted by Crippen LogP contribution is 2.33. The highest BCUT2D eigenvalue weighted by molar-refractivity contribution is 7.22. The Labute approximate surface area is 116 Å². The van der Waals surface area contributed by atoms with Crippen LogP contribution in [0.5, 0.6) is 0 Å². The van der Waals surface area contributed by atoms with Crippen LogP contribution < -0.4 is 5.32 Å². The number of benzene rings is 1. The minimum Gasteiger partial charge on any atom is -0.465 e. The van der Waals surface area contributed by atoms with E-state index in [4.69, 9.17) is 4.74 Å². The number of nitrogens with one attached hydrogen (secondary N) is 1. The zero-order chi connectivity index (χ0) is 14.8. The van der Waals surface area contributed by atoms with Gasteiger partial charge in [-0.1, -0.05) is 11.3 Å². The van der Waals surface area contributed by atoms with E-state index in [9.17, 15) is 18.0 Å². The molecule has 0 fully saturated rings. The normalized spacial score (nSPS) is 11.6. The molecule has 1 aromatic carbocycles. The summed E-state index contributed by atoms with van der Waals surface area (Å²) in [6, 6.07) is 3.36. The number of halogens is 3. The van der Waals surface area contributed by atoms with Gasteiger partial charge >= 0.3 is 12.1 Å². The SMILES string of the molecule is CCOC(=O)CNc1nc2cc(C(F)(F)F)ccc2s1. The van der Waals surface area contributed by atoms with E-state index >= 15 is 0 Å². The van der Waals surface area contributed by atoms with Crippen molar-refractivity contribution >= 4 is 32.7 Å². The lowest BCUT2D eigenvalue weighted by molar-refractivity contribution is -0.141. The van der Waals surface area contributed by atoms with E-state index < -0.39 is 17.7 Å². The number of hydrogen-bond acceptors (Lipinski definition) is 5. The third-order valence-electron chi connectivity index (χ3n) is 2.40. The van der Waals surface area contributed by atoms with Gasteiger partial charge in [-0.05, 0) is 25.1 Å². The fraction of sp³-hybridized carbons (Fsp3) is 0.333. The van der Waals surface area contributed by atoms with Crippen LogP contribution in [0.15, 0.2) is 18.2 Å². The third-order valence-corrected chi connectivity index (χ3v) is 3.40. The van der Waals surface area contributed by atoms with Gasteiger partial charge in [0.25, 0.3) is 0 Å². The average molecular weight is 304 g/mol. The second-order valence-corrected chi connectivity index (χ2v) is 4.89. The smallest absolute Gasteiger partial charge is 0.416 e. The first kappa shape index (κ1) is 14.6. The summed E-state index contributed by atoms with van der Waals surface area (Å²) in [6.45, 7) is 1.89. The van der Waals surface area contributed by atoms with E-state index in [1.54, 1.807) is 6.92 Å². The van der Waals surface area contributed by atoms with Gasteiger partial charge < -0.3 is 10.1 Å². The Morgan fingerprint density at radius 1 is 1.45 bits per heavy atom. The van der Waals surface area contributed by atoms with E-state index in [-0.39, 0.29) is 18.7 Å². The van der Waals surface area contributed by atoms with Crippen molar-refractivity contribution in [2.45, 2.75) is 13.1 Å². The molecule has 1 heterocycles. The average Bonchev–Trinajstić information content (AvgIpc) is 2.77. The highest BCUT2D eigenvalue weighted by atomic mass is 32.1. The number of fused-ring (bicyclic) bond motifs is 1. The van der Waals surface area contributed by atoms with Crippen LogP contribution >= 0.6 is 11.3 Å². The molecule has 0 unspecified atom stereocenters. The standard InChI is InChI=1S/C12H11F3N2O2S/c1-2-19-10(18)6-16-11-17-8-5-7(12(13,14)15)3-4-9(8)20-11/h3-5H,2,6H2,1H3,(H,16,17). The van der Waals surface area contributed by atoms with Crippen molar-refractivity contribution in [2.75, 3.05) is 18.5 Å². The molecule has 0 saturated heterocycles. The van der Waals surface area contributed by atoms with E-state index in [1.165, 1.54) is 17.4 Å². The van der Waals surface area contributed by atoms with Gasteiger partial charge in [0.1, 0.15) is 6.54 Å². The monoisotopic (exact) mass is 304 g/mol. The van der Waals surface area contributed by atoms with Crippen LogP contribution in [0.3, 0.4) is 0 Å². The molecule has 0 saturated carbocycles. The molecule has 4 nitrogen and oxygen atoms in total. The van der Waals surface area contributed by atoms with Crippen molar-refractivity contribution in [3.8, 4) is 0 Å². The zero-order valence-electron chi connectivity index (χ0n) is 10.5. The zero-order valence-corrected chi connectivity index (χ0v) is 11.3. The number of carbonyl (C=O) groups is 1. The molecule has 2 aromatic rings. The van der Waals surface area contributed by atoms with Gasteiger partial charge in [-0.3, -0.25) is 4.79 Å². The van der Waals surface area contributed by atoms with E-state index in [0.29, 0.717) is 9.83 Å². The molecule has 0 bridgehead atoms. The van der Waals surface area contributed by atoms with Crippen LogP contribution in [0.2, 0.25) is 0 Å². The lowest BCUT2D eigenvalue weighted by Gasteiger charge is -2.04. The van der Waals surface area contributed by atoms with Crippen molar-refractivity contribution in [2.24, 2.45) is 0 Å². The molecule has 0 amide bonds. The summed E-state index contributed by atoms with van der Waals surface area (Å²) in [5, 5.41) is 3.11.